The van der Waals surface area contributed by atoms with Crippen LogP contribution in [0.4, 0.5) is 0 Å². The molecule has 17 heavy (non-hydrogen) atoms. The van der Waals surface area contributed by atoms with Crippen molar-refractivity contribution in [2.75, 3.05) is 6.54 Å². The first-order valence-electron chi connectivity index (χ1n) is 6.19. The predicted molar refractivity (Wildman–Crippen MR) is 66.4 cm³/mol. The van der Waals surface area contributed by atoms with Gasteiger partial charge in [-0.2, -0.15) is 0 Å². The number of aromatic nitrogens is 1. The van der Waals surface area contributed by atoms with Crippen LogP contribution >= 0.6 is 0 Å². The molecule has 0 aromatic carbocycles. The molecule has 1 atom stereocenters. The number of rotatable bonds is 6. The number of hydrogen-bond acceptors (Lipinski definition) is 3. The molecule has 3 N–H and O–H groups in total. The Morgan fingerprint density at radius 2 is 2.18 bits per heavy atom. The van der Waals surface area contributed by atoms with E-state index >= 15 is 0 Å². The van der Waals surface area contributed by atoms with Crippen LogP contribution in [0.1, 0.15) is 37.2 Å². The maximum Gasteiger partial charge on any atom is 0.220 e. The third-order valence-electron chi connectivity index (χ3n) is 3.12. The largest absolute Gasteiger partial charge is 0.353 e. The third-order valence-corrected chi connectivity index (χ3v) is 3.12. The molecule has 0 aliphatic heterocycles. The summed E-state index contributed by atoms with van der Waals surface area (Å²) in [5.74, 6) is 0.406. The number of nitrogens with zero attached hydrogens (tertiary/aromatic N) is 1. The van der Waals surface area contributed by atoms with Gasteiger partial charge in [0.2, 0.25) is 5.91 Å². The average molecular weight is 233 g/mol. The van der Waals surface area contributed by atoms with Crippen LogP contribution in [-0.4, -0.2) is 23.5 Å². The minimum absolute atomic E-state index is 0.153. The quantitative estimate of drug-likeness (QED) is 0.775. The molecule has 1 aromatic rings. The highest BCUT2D eigenvalue weighted by molar-refractivity contribution is 5.76. The number of carbonyl (C=O) groups is 1. The molecule has 1 aliphatic carbocycles. The molecule has 0 saturated heterocycles. The number of nitrogens with one attached hydrogen (secondary N) is 1. The van der Waals surface area contributed by atoms with Gasteiger partial charge in [-0.15, -0.1) is 0 Å². The Kier molecular flexibility index (Phi) is 4.09. The average Bonchev–Trinajstić information content (AvgIpc) is 3.15. The zero-order valence-electron chi connectivity index (χ0n) is 9.93. The molecule has 1 amide bonds. The molecule has 92 valence electrons. The molecule has 1 unspecified atom stereocenters. The van der Waals surface area contributed by atoms with Crippen molar-refractivity contribution in [1.29, 1.82) is 0 Å². The molecule has 1 saturated carbocycles. The fourth-order valence-electron chi connectivity index (χ4n) is 1.89. The minimum Gasteiger partial charge on any atom is -0.353 e. The summed E-state index contributed by atoms with van der Waals surface area (Å²) in [5.41, 5.74) is 6.92. The van der Waals surface area contributed by atoms with Gasteiger partial charge in [0, 0.05) is 24.9 Å². The number of hydrogen-bond donors (Lipinski definition) is 2. The lowest BCUT2D eigenvalue weighted by Gasteiger charge is -2.14. The first-order chi connectivity index (χ1) is 8.29. The molecule has 2 rings (SSSR count). The summed E-state index contributed by atoms with van der Waals surface area (Å²) in [6, 6.07) is 4.38. The van der Waals surface area contributed by atoms with Crippen LogP contribution in [0.5, 0.6) is 0 Å². The first kappa shape index (κ1) is 12.0. The normalized spacial score (nSPS) is 16.5. The number of carbonyl (C=O) groups excluding carboxylic acids is 1. The van der Waals surface area contributed by atoms with Crippen molar-refractivity contribution < 1.29 is 4.79 Å². The number of pyridine rings is 1. The van der Waals surface area contributed by atoms with Crippen molar-refractivity contribution in [3.8, 4) is 0 Å². The zero-order valence-corrected chi connectivity index (χ0v) is 9.93. The standard InChI is InChI=1S/C13H19N3O/c14-9-11(10-5-7-15-8-6-10)1-4-13(17)16-12-2-3-12/h5-8,11-12H,1-4,9,14H2,(H,16,17). The van der Waals surface area contributed by atoms with Gasteiger partial charge < -0.3 is 11.1 Å². The topological polar surface area (TPSA) is 68.0 Å². The fraction of sp³-hybridized carbons (Fsp3) is 0.538. The number of nitrogens with two attached hydrogens (primary N) is 1. The van der Waals surface area contributed by atoms with Crippen LogP contribution in [0.15, 0.2) is 24.5 Å². The predicted octanol–water partition coefficient (Wildman–Crippen LogP) is 1.18. The van der Waals surface area contributed by atoms with Gasteiger partial charge >= 0.3 is 0 Å². The van der Waals surface area contributed by atoms with Gasteiger partial charge in [-0.1, -0.05) is 0 Å². The van der Waals surface area contributed by atoms with Gasteiger partial charge in [0.1, 0.15) is 0 Å². The Hall–Kier alpha value is -1.42. The lowest BCUT2D eigenvalue weighted by Crippen LogP contribution is -2.26. The molecule has 0 bridgehead atoms. The third kappa shape index (κ3) is 3.82. The van der Waals surface area contributed by atoms with E-state index in [-0.39, 0.29) is 11.8 Å². The molecular formula is C13H19N3O. The second-order valence-electron chi connectivity index (χ2n) is 4.59. The molecule has 1 aliphatic rings. The highest BCUT2D eigenvalue weighted by Gasteiger charge is 2.23. The Labute approximate surface area is 102 Å². The minimum atomic E-state index is 0.153. The molecule has 4 nitrogen and oxygen atoms in total. The van der Waals surface area contributed by atoms with E-state index in [2.05, 4.69) is 10.3 Å². The van der Waals surface area contributed by atoms with Crippen molar-refractivity contribution in [3.05, 3.63) is 30.1 Å². The second-order valence-corrected chi connectivity index (χ2v) is 4.59. The van der Waals surface area contributed by atoms with E-state index in [1.54, 1.807) is 12.4 Å². The molecular weight excluding hydrogens is 214 g/mol. The summed E-state index contributed by atoms with van der Waals surface area (Å²) in [7, 11) is 0. The maximum absolute atomic E-state index is 11.6. The van der Waals surface area contributed by atoms with Crippen molar-refractivity contribution in [2.45, 2.75) is 37.6 Å². The first-order valence-corrected chi connectivity index (χ1v) is 6.19. The molecule has 0 radical (unpaired) electrons. The van der Waals surface area contributed by atoms with Gasteiger partial charge in [0.05, 0.1) is 0 Å². The Bertz CT molecular complexity index is 362. The molecule has 0 spiro atoms. The number of amides is 1. The van der Waals surface area contributed by atoms with Crippen LogP contribution in [0.3, 0.4) is 0 Å². The Balaban J connectivity index is 1.80. The summed E-state index contributed by atoms with van der Waals surface area (Å²) in [5, 5.41) is 2.99. The Morgan fingerprint density at radius 1 is 1.47 bits per heavy atom. The molecule has 1 fully saturated rings. The summed E-state index contributed by atoms with van der Waals surface area (Å²) >= 11 is 0. The maximum atomic E-state index is 11.6. The van der Waals surface area contributed by atoms with Gasteiger partial charge in [-0.3, -0.25) is 9.78 Å². The molecule has 4 heteroatoms. The van der Waals surface area contributed by atoms with Crippen LogP contribution in [0.25, 0.3) is 0 Å². The van der Waals surface area contributed by atoms with Gasteiger partial charge in [0.25, 0.3) is 0 Å². The summed E-state index contributed by atoms with van der Waals surface area (Å²) in [4.78, 5) is 15.6. The van der Waals surface area contributed by atoms with Crippen LogP contribution in [0.2, 0.25) is 0 Å². The highest BCUT2D eigenvalue weighted by atomic mass is 16.1. The van der Waals surface area contributed by atoms with E-state index < -0.39 is 0 Å². The summed E-state index contributed by atoms with van der Waals surface area (Å²) in [6.45, 7) is 0.570. The van der Waals surface area contributed by atoms with Crippen molar-refractivity contribution in [3.63, 3.8) is 0 Å². The molecule has 1 heterocycles. The van der Waals surface area contributed by atoms with E-state index in [4.69, 9.17) is 5.73 Å². The highest BCUT2D eigenvalue weighted by Crippen LogP contribution is 2.21. The lowest BCUT2D eigenvalue weighted by atomic mass is 9.95. The lowest BCUT2D eigenvalue weighted by molar-refractivity contribution is -0.121. The van der Waals surface area contributed by atoms with Crippen molar-refractivity contribution in [1.82, 2.24) is 10.3 Å². The van der Waals surface area contributed by atoms with Gasteiger partial charge in [-0.05, 0) is 49.4 Å². The monoisotopic (exact) mass is 233 g/mol. The zero-order chi connectivity index (χ0) is 12.1. The van der Waals surface area contributed by atoms with E-state index in [0.717, 1.165) is 19.3 Å². The second kappa shape index (κ2) is 5.77. The fourth-order valence-corrected chi connectivity index (χ4v) is 1.89. The van der Waals surface area contributed by atoms with Crippen molar-refractivity contribution in [2.24, 2.45) is 5.73 Å². The SMILES string of the molecule is NCC(CCC(=O)NC1CC1)c1ccncc1. The van der Waals surface area contributed by atoms with Crippen LogP contribution < -0.4 is 11.1 Å². The van der Waals surface area contributed by atoms with E-state index in [9.17, 15) is 4.79 Å². The van der Waals surface area contributed by atoms with E-state index in [1.165, 1.54) is 5.56 Å². The van der Waals surface area contributed by atoms with E-state index in [0.29, 0.717) is 19.0 Å². The van der Waals surface area contributed by atoms with Gasteiger partial charge in [0.15, 0.2) is 0 Å². The van der Waals surface area contributed by atoms with Crippen LogP contribution in [0, 0.1) is 0 Å². The summed E-state index contributed by atoms with van der Waals surface area (Å²) < 4.78 is 0. The van der Waals surface area contributed by atoms with Crippen molar-refractivity contribution >= 4 is 5.91 Å². The van der Waals surface area contributed by atoms with E-state index in [1.807, 2.05) is 12.1 Å². The molecule has 1 aromatic heterocycles. The van der Waals surface area contributed by atoms with Crippen LogP contribution in [-0.2, 0) is 4.79 Å². The summed E-state index contributed by atoms with van der Waals surface area (Å²) in [6.07, 6.45) is 7.16. The van der Waals surface area contributed by atoms with Gasteiger partial charge in [-0.25, -0.2) is 0 Å². The Morgan fingerprint density at radius 3 is 2.76 bits per heavy atom. The smallest absolute Gasteiger partial charge is 0.220 e.